The van der Waals surface area contributed by atoms with Crippen molar-refractivity contribution in [3.05, 3.63) is 28.8 Å². The first-order chi connectivity index (χ1) is 12.0. The van der Waals surface area contributed by atoms with E-state index in [2.05, 4.69) is 52.4 Å². The van der Waals surface area contributed by atoms with Crippen molar-refractivity contribution < 1.29 is 14.7 Å². The molecule has 1 aromatic carbocycles. The van der Waals surface area contributed by atoms with Gasteiger partial charge in [0.05, 0.1) is 0 Å². The second-order valence-electron chi connectivity index (χ2n) is 10.3. The van der Waals surface area contributed by atoms with Gasteiger partial charge in [-0.05, 0) is 33.9 Å². The normalized spacial score (nSPS) is 12.6. The molecule has 0 aliphatic carbocycles. The van der Waals surface area contributed by atoms with E-state index in [0.717, 1.165) is 16.7 Å². The topological polar surface area (TPSA) is 78.4 Å². The van der Waals surface area contributed by atoms with Crippen LogP contribution in [0.25, 0.3) is 0 Å². The maximum atomic E-state index is 12.1. The Hall–Kier alpha value is -2.04. The van der Waals surface area contributed by atoms with Gasteiger partial charge in [0.25, 0.3) is 0 Å². The number of amides is 2. The number of carbonyl (C=O) groups is 2. The predicted molar refractivity (Wildman–Crippen MR) is 110 cm³/mol. The van der Waals surface area contributed by atoms with Gasteiger partial charge >= 0.3 is 0 Å². The highest BCUT2D eigenvalue weighted by Crippen LogP contribution is 2.39. The third-order valence-corrected chi connectivity index (χ3v) is 4.42. The fourth-order valence-corrected chi connectivity index (χ4v) is 2.62. The van der Waals surface area contributed by atoms with E-state index in [1.807, 2.05) is 12.1 Å². The summed E-state index contributed by atoms with van der Waals surface area (Å²) < 4.78 is 0. The summed E-state index contributed by atoms with van der Waals surface area (Å²) in [5.41, 5.74) is 6.72. The zero-order valence-electron chi connectivity index (χ0n) is 18.3. The molecule has 0 saturated heterocycles. The van der Waals surface area contributed by atoms with Crippen LogP contribution >= 0.6 is 0 Å². The van der Waals surface area contributed by atoms with Crippen LogP contribution in [0, 0.1) is 5.41 Å². The molecule has 5 heteroatoms. The van der Waals surface area contributed by atoms with E-state index in [-0.39, 0.29) is 29.1 Å². The van der Waals surface area contributed by atoms with Crippen LogP contribution in [0.2, 0.25) is 0 Å². The smallest absolute Gasteiger partial charge is 0.243 e. The number of aromatic hydroxyl groups is 1. The number of hydrazine groups is 1. The minimum absolute atomic E-state index is 0.205. The van der Waals surface area contributed by atoms with Crippen molar-refractivity contribution in [3.63, 3.8) is 0 Å². The first-order valence-corrected chi connectivity index (χ1v) is 9.49. The minimum Gasteiger partial charge on any atom is -0.507 e. The number of rotatable bonds is 3. The van der Waals surface area contributed by atoms with Gasteiger partial charge in [-0.2, -0.15) is 0 Å². The first-order valence-electron chi connectivity index (χ1n) is 9.49. The predicted octanol–water partition coefficient (Wildman–Crippen LogP) is 4.11. The Bertz CT molecular complexity index is 667. The summed E-state index contributed by atoms with van der Waals surface area (Å²) in [6.07, 6.45) is 0.784. The van der Waals surface area contributed by atoms with Gasteiger partial charge in [-0.1, -0.05) is 74.4 Å². The molecule has 3 N–H and O–H groups in total. The SMILES string of the molecule is CC(C)(C)C(=O)NNC(=O)CCc1cc(C(C)(C)C)c(O)c(C(C)(C)C)c1. The lowest BCUT2D eigenvalue weighted by Crippen LogP contribution is -2.46. The molecule has 0 aliphatic heterocycles. The van der Waals surface area contributed by atoms with Crippen LogP contribution < -0.4 is 10.9 Å². The molecular formula is C22H36N2O3. The number of benzene rings is 1. The van der Waals surface area contributed by atoms with Crippen LogP contribution in [0.4, 0.5) is 0 Å². The second kappa shape index (κ2) is 7.91. The van der Waals surface area contributed by atoms with E-state index >= 15 is 0 Å². The summed E-state index contributed by atoms with van der Waals surface area (Å²) in [5.74, 6) is -0.138. The molecule has 27 heavy (non-hydrogen) atoms. The van der Waals surface area contributed by atoms with E-state index in [9.17, 15) is 14.7 Å². The fourth-order valence-electron chi connectivity index (χ4n) is 2.62. The summed E-state index contributed by atoms with van der Waals surface area (Å²) in [5, 5.41) is 10.8. The number of carbonyl (C=O) groups excluding carboxylic acids is 2. The van der Waals surface area contributed by atoms with Gasteiger partial charge in [-0.15, -0.1) is 0 Å². The van der Waals surface area contributed by atoms with Gasteiger partial charge in [0.15, 0.2) is 0 Å². The number of hydrogen-bond donors (Lipinski definition) is 3. The minimum atomic E-state index is -0.562. The molecule has 0 radical (unpaired) electrons. The lowest BCUT2D eigenvalue weighted by Gasteiger charge is -2.28. The van der Waals surface area contributed by atoms with Crippen LogP contribution in [0.1, 0.15) is 85.4 Å². The van der Waals surface area contributed by atoms with Crippen molar-refractivity contribution >= 4 is 11.8 Å². The van der Waals surface area contributed by atoms with E-state index in [0.29, 0.717) is 12.2 Å². The number of phenols is 1. The average Bonchev–Trinajstić information content (AvgIpc) is 2.48. The lowest BCUT2D eigenvalue weighted by molar-refractivity contribution is -0.133. The fraction of sp³-hybridized carbons (Fsp3) is 0.636. The Morgan fingerprint density at radius 3 is 1.67 bits per heavy atom. The largest absolute Gasteiger partial charge is 0.507 e. The molecule has 0 aliphatic rings. The highest BCUT2D eigenvalue weighted by molar-refractivity contribution is 5.85. The molecular weight excluding hydrogens is 340 g/mol. The standard InChI is InChI=1S/C22H36N2O3/c1-20(2,3)15-12-14(13-16(18(15)26)21(4,5)6)10-11-17(25)23-24-19(27)22(7,8)9/h12-13,26H,10-11H2,1-9H3,(H,23,25)(H,24,27). The molecule has 0 aromatic heterocycles. The number of aryl methyl sites for hydroxylation is 1. The lowest BCUT2D eigenvalue weighted by atomic mass is 9.78. The van der Waals surface area contributed by atoms with Gasteiger partial charge in [-0.25, -0.2) is 0 Å². The van der Waals surface area contributed by atoms with Crippen molar-refractivity contribution in [2.45, 2.75) is 86.0 Å². The molecule has 0 atom stereocenters. The Kier molecular flexibility index (Phi) is 6.74. The average molecular weight is 377 g/mol. The van der Waals surface area contributed by atoms with E-state index in [4.69, 9.17) is 0 Å². The van der Waals surface area contributed by atoms with Gasteiger partial charge in [0.2, 0.25) is 11.8 Å². The van der Waals surface area contributed by atoms with Gasteiger partial charge < -0.3 is 5.11 Å². The Balaban J connectivity index is 2.95. The molecule has 0 unspecified atom stereocenters. The highest BCUT2D eigenvalue weighted by atomic mass is 16.3. The summed E-state index contributed by atoms with van der Waals surface area (Å²) in [6, 6.07) is 3.96. The van der Waals surface area contributed by atoms with Crippen molar-refractivity contribution in [1.82, 2.24) is 10.9 Å². The molecule has 0 heterocycles. The van der Waals surface area contributed by atoms with Crippen LogP contribution in [-0.4, -0.2) is 16.9 Å². The van der Waals surface area contributed by atoms with Crippen molar-refractivity contribution in [3.8, 4) is 5.75 Å². The third kappa shape index (κ3) is 6.56. The van der Waals surface area contributed by atoms with Crippen molar-refractivity contribution in [2.24, 2.45) is 5.41 Å². The Labute approximate surface area is 163 Å². The van der Waals surface area contributed by atoms with Crippen molar-refractivity contribution in [1.29, 1.82) is 0 Å². The van der Waals surface area contributed by atoms with E-state index < -0.39 is 5.41 Å². The van der Waals surface area contributed by atoms with Crippen LogP contribution in [0.5, 0.6) is 5.75 Å². The van der Waals surface area contributed by atoms with Crippen LogP contribution in [0.3, 0.4) is 0 Å². The molecule has 0 fully saturated rings. The maximum absolute atomic E-state index is 12.1. The molecule has 0 saturated carbocycles. The molecule has 2 amide bonds. The summed E-state index contributed by atoms with van der Waals surface area (Å²) in [4.78, 5) is 23.9. The quantitative estimate of drug-likeness (QED) is 0.695. The van der Waals surface area contributed by atoms with Gasteiger partial charge in [0.1, 0.15) is 5.75 Å². The molecule has 5 nitrogen and oxygen atoms in total. The zero-order valence-corrected chi connectivity index (χ0v) is 18.3. The molecule has 1 rings (SSSR count). The monoisotopic (exact) mass is 376 g/mol. The van der Waals surface area contributed by atoms with E-state index in [1.54, 1.807) is 20.8 Å². The first kappa shape index (κ1) is 23.0. The Morgan fingerprint density at radius 1 is 0.852 bits per heavy atom. The van der Waals surface area contributed by atoms with E-state index in [1.165, 1.54) is 0 Å². The maximum Gasteiger partial charge on any atom is 0.243 e. The van der Waals surface area contributed by atoms with Crippen molar-refractivity contribution in [2.75, 3.05) is 0 Å². The highest BCUT2D eigenvalue weighted by Gasteiger charge is 2.26. The molecule has 0 bridgehead atoms. The number of nitrogens with one attached hydrogen (secondary N) is 2. The van der Waals surface area contributed by atoms with Crippen LogP contribution in [0.15, 0.2) is 12.1 Å². The van der Waals surface area contributed by atoms with Gasteiger partial charge in [0, 0.05) is 11.8 Å². The zero-order chi connectivity index (χ0) is 21.2. The summed E-state index contributed by atoms with van der Waals surface area (Å²) >= 11 is 0. The second-order valence-corrected chi connectivity index (χ2v) is 10.3. The molecule has 1 aromatic rings. The summed E-state index contributed by atoms with van der Waals surface area (Å²) in [7, 11) is 0. The number of hydrogen-bond acceptors (Lipinski definition) is 3. The van der Waals surface area contributed by atoms with Crippen LogP contribution in [-0.2, 0) is 26.8 Å². The summed E-state index contributed by atoms with van der Waals surface area (Å²) in [6.45, 7) is 17.7. The van der Waals surface area contributed by atoms with Gasteiger partial charge in [-0.3, -0.25) is 20.4 Å². The Morgan fingerprint density at radius 2 is 1.30 bits per heavy atom. The molecule has 0 spiro atoms. The third-order valence-electron chi connectivity index (χ3n) is 4.42. The molecule has 152 valence electrons. The number of phenolic OH excluding ortho intramolecular Hbond substituents is 1.